The van der Waals surface area contributed by atoms with E-state index in [-0.39, 0.29) is 5.91 Å². The largest absolute Gasteiger partial charge is 0.383 e. The fourth-order valence-electron chi connectivity index (χ4n) is 3.45. The molecule has 1 fully saturated rings. The summed E-state index contributed by atoms with van der Waals surface area (Å²) in [5.41, 5.74) is 3.54. The highest BCUT2D eigenvalue weighted by Gasteiger charge is 2.23. The molecule has 0 atom stereocenters. The van der Waals surface area contributed by atoms with Gasteiger partial charge in [-0.25, -0.2) is 4.98 Å². The van der Waals surface area contributed by atoms with E-state index >= 15 is 0 Å². The minimum atomic E-state index is 0.00588. The Labute approximate surface area is 159 Å². The summed E-state index contributed by atoms with van der Waals surface area (Å²) in [6, 6.07) is 14.2. The van der Waals surface area contributed by atoms with Gasteiger partial charge in [0.15, 0.2) is 0 Å². The van der Waals surface area contributed by atoms with Crippen LogP contribution < -0.4 is 0 Å². The molecule has 1 aliphatic heterocycles. The van der Waals surface area contributed by atoms with Gasteiger partial charge in [0, 0.05) is 52.2 Å². The van der Waals surface area contributed by atoms with E-state index in [0.717, 1.165) is 56.1 Å². The zero-order valence-electron chi connectivity index (χ0n) is 15.5. The van der Waals surface area contributed by atoms with Crippen molar-refractivity contribution in [1.29, 1.82) is 0 Å². The molecule has 3 heterocycles. The molecule has 0 aliphatic carbocycles. The molecule has 0 radical (unpaired) electrons. The summed E-state index contributed by atoms with van der Waals surface area (Å²) < 4.78 is 7.06. The topological polar surface area (TPSA) is 50.1 Å². The zero-order valence-corrected chi connectivity index (χ0v) is 15.5. The van der Waals surface area contributed by atoms with Gasteiger partial charge in [-0.1, -0.05) is 30.3 Å². The number of carbonyl (C=O) groups excluding carboxylic acids is 1. The van der Waals surface area contributed by atoms with Crippen molar-refractivity contribution in [3.63, 3.8) is 0 Å². The predicted molar refractivity (Wildman–Crippen MR) is 105 cm³/mol. The van der Waals surface area contributed by atoms with Crippen molar-refractivity contribution in [2.75, 3.05) is 46.4 Å². The normalized spacial score (nSPS) is 15.4. The lowest BCUT2D eigenvalue weighted by atomic mass is 10.1. The number of piperazine rings is 1. The number of benzene rings is 1. The van der Waals surface area contributed by atoms with Crippen molar-refractivity contribution in [3.8, 4) is 11.1 Å². The second-order valence-electron chi connectivity index (χ2n) is 6.80. The fourth-order valence-corrected chi connectivity index (χ4v) is 3.45. The van der Waals surface area contributed by atoms with E-state index in [9.17, 15) is 4.79 Å². The van der Waals surface area contributed by atoms with Crippen LogP contribution in [0.3, 0.4) is 0 Å². The Morgan fingerprint density at radius 3 is 2.52 bits per heavy atom. The Hall–Kier alpha value is -2.70. The van der Waals surface area contributed by atoms with Crippen LogP contribution in [-0.2, 0) is 4.74 Å². The number of nitrogens with zero attached hydrogens (tertiary/aromatic N) is 4. The molecule has 0 unspecified atom stereocenters. The third-order valence-electron chi connectivity index (χ3n) is 5.05. The van der Waals surface area contributed by atoms with Gasteiger partial charge < -0.3 is 14.0 Å². The number of amides is 1. The van der Waals surface area contributed by atoms with Gasteiger partial charge in [0.2, 0.25) is 0 Å². The maximum Gasteiger partial charge on any atom is 0.274 e. The number of rotatable bonds is 5. The van der Waals surface area contributed by atoms with Gasteiger partial charge in [-0.15, -0.1) is 0 Å². The van der Waals surface area contributed by atoms with E-state index in [1.165, 1.54) is 0 Å². The predicted octanol–water partition coefficient (Wildman–Crippen LogP) is 2.41. The smallest absolute Gasteiger partial charge is 0.274 e. The highest BCUT2D eigenvalue weighted by atomic mass is 16.5. The van der Waals surface area contributed by atoms with Crippen LogP contribution in [0.25, 0.3) is 16.8 Å². The summed E-state index contributed by atoms with van der Waals surface area (Å²) in [7, 11) is 1.71. The highest BCUT2D eigenvalue weighted by Crippen LogP contribution is 2.20. The summed E-state index contributed by atoms with van der Waals surface area (Å²) in [4.78, 5) is 21.6. The summed E-state index contributed by atoms with van der Waals surface area (Å²) in [5, 5.41) is 0. The number of aromatic nitrogens is 2. The second-order valence-corrected chi connectivity index (χ2v) is 6.80. The summed E-state index contributed by atoms with van der Waals surface area (Å²) >= 11 is 0. The third-order valence-corrected chi connectivity index (χ3v) is 5.05. The number of hydrogen-bond acceptors (Lipinski definition) is 4. The molecule has 3 aromatic rings. The molecule has 4 rings (SSSR count). The number of pyridine rings is 1. The Bertz CT molecular complexity index is 914. The summed E-state index contributed by atoms with van der Waals surface area (Å²) in [6.45, 7) is 4.85. The monoisotopic (exact) mass is 364 g/mol. The average molecular weight is 364 g/mol. The number of carbonyl (C=O) groups is 1. The van der Waals surface area contributed by atoms with Crippen LogP contribution in [0, 0.1) is 0 Å². The Kier molecular flexibility index (Phi) is 5.18. The number of hydrogen-bond donors (Lipinski definition) is 0. The molecule has 2 aromatic heterocycles. The van der Waals surface area contributed by atoms with E-state index in [4.69, 9.17) is 4.74 Å². The van der Waals surface area contributed by atoms with Crippen molar-refractivity contribution in [1.82, 2.24) is 19.2 Å². The third kappa shape index (κ3) is 3.86. The van der Waals surface area contributed by atoms with Crippen LogP contribution in [0.5, 0.6) is 0 Å². The first-order chi connectivity index (χ1) is 13.2. The van der Waals surface area contributed by atoms with E-state index in [1.807, 2.05) is 52.0 Å². The van der Waals surface area contributed by atoms with Gasteiger partial charge in [0.1, 0.15) is 11.3 Å². The van der Waals surface area contributed by atoms with Crippen molar-refractivity contribution >= 4 is 11.6 Å². The van der Waals surface area contributed by atoms with Crippen molar-refractivity contribution < 1.29 is 9.53 Å². The lowest BCUT2D eigenvalue weighted by Gasteiger charge is -2.34. The molecule has 6 nitrogen and oxygen atoms in total. The summed E-state index contributed by atoms with van der Waals surface area (Å²) in [6.07, 6.45) is 3.86. The molecule has 0 N–H and O–H groups in total. The number of fused-ring (bicyclic) bond motifs is 1. The SMILES string of the molecule is COCCN1CCN(C(=O)c2cn3cc(-c4ccccc4)ccc3n2)CC1. The first-order valence-corrected chi connectivity index (χ1v) is 9.29. The fraction of sp³-hybridized carbons (Fsp3) is 0.333. The standard InChI is InChI=1S/C21H24N4O2/c1-27-14-13-23-9-11-24(12-10-23)21(26)19-16-25-15-18(7-8-20(25)22-19)17-5-3-2-4-6-17/h2-8,15-16H,9-14H2,1H3. The minimum Gasteiger partial charge on any atom is -0.383 e. The van der Waals surface area contributed by atoms with Crippen molar-refractivity contribution in [3.05, 3.63) is 60.6 Å². The van der Waals surface area contributed by atoms with Crippen molar-refractivity contribution in [2.45, 2.75) is 0 Å². The lowest BCUT2D eigenvalue weighted by Crippen LogP contribution is -2.49. The molecule has 1 aromatic carbocycles. The van der Waals surface area contributed by atoms with Gasteiger partial charge in [-0.3, -0.25) is 9.69 Å². The van der Waals surface area contributed by atoms with Gasteiger partial charge in [0.25, 0.3) is 5.91 Å². The van der Waals surface area contributed by atoms with Gasteiger partial charge in [0.05, 0.1) is 6.61 Å². The Morgan fingerprint density at radius 1 is 1.00 bits per heavy atom. The molecule has 27 heavy (non-hydrogen) atoms. The Balaban J connectivity index is 1.48. The molecule has 0 saturated carbocycles. The van der Waals surface area contributed by atoms with Crippen LogP contribution in [0.1, 0.15) is 10.5 Å². The van der Waals surface area contributed by atoms with E-state index in [0.29, 0.717) is 5.69 Å². The molecule has 0 spiro atoms. The Morgan fingerprint density at radius 2 is 1.78 bits per heavy atom. The first-order valence-electron chi connectivity index (χ1n) is 9.29. The molecule has 6 heteroatoms. The lowest BCUT2D eigenvalue weighted by molar-refractivity contribution is 0.0589. The second kappa shape index (κ2) is 7.90. The van der Waals surface area contributed by atoms with E-state index in [1.54, 1.807) is 7.11 Å². The van der Waals surface area contributed by atoms with Gasteiger partial charge in [-0.05, 0) is 23.3 Å². The van der Waals surface area contributed by atoms with Crippen LogP contribution in [0.2, 0.25) is 0 Å². The average Bonchev–Trinajstić information content (AvgIpc) is 3.16. The van der Waals surface area contributed by atoms with Crippen LogP contribution in [-0.4, -0.2) is 71.5 Å². The maximum atomic E-state index is 12.9. The molecular formula is C21H24N4O2. The van der Waals surface area contributed by atoms with Gasteiger partial charge >= 0.3 is 0 Å². The van der Waals surface area contributed by atoms with Crippen LogP contribution in [0.4, 0.5) is 0 Å². The van der Waals surface area contributed by atoms with Crippen LogP contribution >= 0.6 is 0 Å². The number of ether oxygens (including phenoxy) is 1. The number of methoxy groups -OCH3 is 1. The van der Waals surface area contributed by atoms with Crippen LogP contribution in [0.15, 0.2) is 54.9 Å². The van der Waals surface area contributed by atoms with E-state index < -0.39 is 0 Å². The summed E-state index contributed by atoms with van der Waals surface area (Å²) in [5.74, 6) is 0.00588. The number of imidazole rings is 1. The molecule has 1 saturated heterocycles. The quantitative estimate of drug-likeness (QED) is 0.698. The first kappa shape index (κ1) is 17.7. The molecule has 1 amide bonds. The van der Waals surface area contributed by atoms with E-state index in [2.05, 4.69) is 22.0 Å². The highest BCUT2D eigenvalue weighted by molar-refractivity contribution is 5.93. The maximum absolute atomic E-state index is 12.9. The molecular weight excluding hydrogens is 340 g/mol. The molecule has 140 valence electrons. The van der Waals surface area contributed by atoms with Crippen molar-refractivity contribution in [2.24, 2.45) is 0 Å². The molecule has 0 bridgehead atoms. The zero-order chi connectivity index (χ0) is 18.6. The minimum absolute atomic E-state index is 0.00588. The molecule has 1 aliphatic rings. The van der Waals surface area contributed by atoms with Gasteiger partial charge in [-0.2, -0.15) is 0 Å².